The molecule has 0 aliphatic heterocycles. The maximum Gasteiger partial charge on any atom is 0.305 e. The van der Waals surface area contributed by atoms with Crippen LogP contribution in [0.15, 0.2) is 36.4 Å². The molecule has 0 heterocycles. The van der Waals surface area contributed by atoms with E-state index in [-0.39, 0.29) is 11.1 Å². The summed E-state index contributed by atoms with van der Waals surface area (Å²) in [6.45, 7) is 2.44. The molecule has 28 heavy (non-hydrogen) atoms. The van der Waals surface area contributed by atoms with Crippen molar-refractivity contribution in [2.45, 2.75) is 13.3 Å². The molecule has 0 saturated heterocycles. The molecular formula is C18H18FN3O6. The predicted molar refractivity (Wildman–Crippen MR) is 96.8 cm³/mol. The Morgan fingerprint density at radius 2 is 1.68 bits per heavy atom. The van der Waals surface area contributed by atoms with Gasteiger partial charge in [0.15, 0.2) is 11.5 Å². The standard InChI is InChI=1S/C18H18FN3O6/c1-3-8-28-15-7-5-12(10-16(15)27-2)18(24)21-20-17(23)11-4-6-13(19)14(9-11)22(25)26/h4-7,9-10H,3,8H2,1-2H3,(H,20,23)(H,21,24). The first-order chi connectivity index (χ1) is 13.4. The first kappa shape index (κ1) is 20.6. The maximum atomic E-state index is 13.3. The molecule has 0 aliphatic carbocycles. The molecule has 2 aromatic carbocycles. The van der Waals surface area contributed by atoms with Crippen molar-refractivity contribution in [2.24, 2.45) is 0 Å². The van der Waals surface area contributed by atoms with Crippen LogP contribution in [-0.4, -0.2) is 30.5 Å². The molecule has 0 radical (unpaired) electrons. The first-order valence-electron chi connectivity index (χ1n) is 8.22. The fraction of sp³-hybridized carbons (Fsp3) is 0.222. The molecule has 0 spiro atoms. The number of benzene rings is 2. The minimum atomic E-state index is -1.07. The van der Waals surface area contributed by atoms with E-state index < -0.39 is 28.2 Å². The van der Waals surface area contributed by atoms with Crippen LogP contribution in [0.25, 0.3) is 0 Å². The van der Waals surface area contributed by atoms with Gasteiger partial charge in [-0.3, -0.25) is 30.6 Å². The van der Waals surface area contributed by atoms with E-state index >= 15 is 0 Å². The number of carbonyl (C=O) groups excluding carboxylic acids is 2. The van der Waals surface area contributed by atoms with Gasteiger partial charge in [-0.05, 0) is 36.8 Å². The highest BCUT2D eigenvalue weighted by Gasteiger charge is 2.18. The zero-order valence-corrected chi connectivity index (χ0v) is 15.2. The van der Waals surface area contributed by atoms with E-state index in [0.717, 1.165) is 24.6 Å². The summed E-state index contributed by atoms with van der Waals surface area (Å²) in [4.78, 5) is 34.1. The Morgan fingerprint density at radius 3 is 2.25 bits per heavy atom. The molecule has 10 heteroatoms. The minimum absolute atomic E-state index is 0.186. The van der Waals surface area contributed by atoms with E-state index in [9.17, 15) is 24.1 Å². The third-order valence-electron chi connectivity index (χ3n) is 3.58. The number of halogens is 1. The van der Waals surface area contributed by atoms with E-state index in [2.05, 4.69) is 10.9 Å². The van der Waals surface area contributed by atoms with Crippen LogP contribution in [0.3, 0.4) is 0 Å². The van der Waals surface area contributed by atoms with Crippen molar-refractivity contribution in [3.63, 3.8) is 0 Å². The number of hydrogen-bond donors (Lipinski definition) is 2. The van der Waals surface area contributed by atoms with E-state index in [4.69, 9.17) is 9.47 Å². The highest BCUT2D eigenvalue weighted by Crippen LogP contribution is 2.28. The van der Waals surface area contributed by atoms with Crippen molar-refractivity contribution in [2.75, 3.05) is 13.7 Å². The summed E-state index contributed by atoms with van der Waals surface area (Å²) in [7, 11) is 1.43. The number of hydrazine groups is 1. The molecule has 148 valence electrons. The van der Waals surface area contributed by atoms with Gasteiger partial charge in [-0.15, -0.1) is 0 Å². The average molecular weight is 391 g/mol. The Labute approximate surface area is 159 Å². The van der Waals surface area contributed by atoms with Crippen LogP contribution in [0, 0.1) is 15.9 Å². The lowest BCUT2D eigenvalue weighted by Gasteiger charge is -2.12. The third kappa shape index (κ3) is 4.93. The molecule has 2 aromatic rings. The molecule has 2 N–H and O–H groups in total. The van der Waals surface area contributed by atoms with Crippen molar-refractivity contribution in [3.05, 3.63) is 63.5 Å². The number of hydrogen-bond acceptors (Lipinski definition) is 6. The highest BCUT2D eigenvalue weighted by atomic mass is 19.1. The molecule has 0 saturated carbocycles. The Hall–Kier alpha value is -3.69. The average Bonchev–Trinajstić information content (AvgIpc) is 2.70. The summed E-state index contributed by atoms with van der Waals surface area (Å²) >= 11 is 0. The second-order valence-corrected chi connectivity index (χ2v) is 5.55. The SMILES string of the molecule is CCCOc1ccc(C(=O)NNC(=O)c2ccc(F)c([N+](=O)[O-])c2)cc1OC. The van der Waals surface area contributed by atoms with Gasteiger partial charge in [0.25, 0.3) is 11.8 Å². The number of amides is 2. The number of ether oxygens (including phenoxy) is 2. The minimum Gasteiger partial charge on any atom is -0.493 e. The Bertz CT molecular complexity index is 903. The van der Waals surface area contributed by atoms with Gasteiger partial charge in [0.1, 0.15) is 0 Å². The van der Waals surface area contributed by atoms with Crippen molar-refractivity contribution >= 4 is 17.5 Å². The number of nitrogens with one attached hydrogen (secondary N) is 2. The Balaban J connectivity index is 2.06. The van der Waals surface area contributed by atoms with E-state index in [1.165, 1.54) is 19.2 Å². The zero-order valence-electron chi connectivity index (χ0n) is 15.2. The van der Waals surface area contributed by atoms with Crippen LogP contribution in [-0.2, 0) is 0 Å². The molecule has 0 bridgehead atoms. The van der Waals surface area contributed by atoms with Crippen LogP contribution in [0.5, 0.6) is 11.5 Å². The number of methoxy groups -OCH3 is 1. The van der Waals surface area contributed by atoms with Gasteiger partial charge in [-0.25, -0.2) is 0 Å². The normalized spacial score (nSPS) is 10.1. The Kier molecular flexibility index (Phi) is 6.85. The largest absolute Gasteiger partial charge is 0.493 e. The second-order valence-electron chi connectivity index (χ2n) is 5.55. The van der Waals surface area contributed by atoms with Gasteiger partial charge < -0.3 is 9.47 Å². The van der Waals surface area contributed by atoms with Crippen molar-refractivity contribution in [3.8, 4) is 11.5 Å². The molecule has 2 rings (SSSR count). The molecule has 0 aromatic heterocycles. The van der Waals surface area contributed by atoms with Crippen LogP contribution in [0.4, 0.5) is 10.1 Å². The summed E-state index contributed by atoms with van der Waals surface area (Å²) in [5, 5.41) is 10.7. The van der Waals surface area contributed by atoms with Gasteiger partial charge in [-0.2, -0.15) is 4.39 Å². The van der Waals surface area contributed by atoms with Gasteiger partial charge in [-0.1, -0.05) is 6.92 Å². The molecule has 0 unspecified atom stereocenters. The number of nitro benzene ring substituents is 1. The Morgan fingerprint density at radius 1 is 1.07 bits per heavy atom. The summed E-state index contributed by atoms with van der Waals surface area (Å²) in [5.41, 5.74) is 3.45. The lowest BCUT2D eigenvalue weighted by molar-refractivity contribution is -0.387. The number of carbonyl (C=O) groups is 2. The quantitative estimate of drug-likeness (QED) is 0.553. The monoisotopic (exact) mass is 391 g/mol. The van der Waals surface area contributed by atoms with Crippen molar-refractivity contribution in [1.29, 1.82) is 0 Å². The highest BCUT2D eigenvalue weighted by molar-refractivity contribution is 5.99. The molecule has 0 aliphatic rings. The molecule has 2 amide bonds. The third-order valence-corrected chi connectivity index (χ3v) is 3.58. The van der Waals surface area contributed by atoms with Crippen LogP contribution in [0.2, 0.25) is 0 Å². The summed E-state index contributed by atoms with van der Waals surface area (Å²) in [6.07, 6.45) is 0.805. The lowest BCUT2D eigenvalue weighted by Crippen LogP contribution is -2.41. The molecule has 0 fully saturated rings. The van der Waals surface area contributed by atoms with Gasteiger partial charge in [0.05, 0.1) is 18.6 Å². The fourth-order valence-corrected chi connectivity index (χ4v) is 2.19. The van der Waals surface area contributed by atoms with E-state index in [0.29, 0.717) is 18.1 Å². The number of nitrogens with zero attached hydrogens (tertiary/aromatic N) is 1. The van der Waals surface area contributed by atoms with Crippen molar-refractivity contribution < 1.29 is 28.4 Å². The first-order valence-corrected chi connectivity index (χ1v) is 8.22. The fourth-order valence-electron chi connectivity index (χ4n) is 2.19. The van der Waals surface area contributed by atoms with Crippen molar-refractivity contribution in [1.82, 2.24) is 10.9 Å². The topological polar surface area (TPSA) is 120 Å². The summed E-state index contributed by atoms with van der Waals surface area (Å²) < 4.78 is 24.0. The summed E-state index contributed by atoms with van der Waals surface area (Å²) in [5.74, 6) is -1.73. The lowest BCUT2D eigenvalue weighted by atomic mass is 10.2. The molecule has 0 atom stereocenters. The van der Waals surface area contributed by atoms with Gasteiger partial charge in [0.2, 0.25) is 5.82 Å². The number of rotatable bonds is 7. The van der Waals surface area contributed by atoms with Gasteiger partial charge in [0, 0.05) is 17.2 Å². The predicted octanol–water partition coefficient (Wildman–Crippen LogP) is 2.61. The second kappa shape index (κ2) is 9.31. The van der Waals surface area contributed by atoms with E-state index in [1.54, 1.807) is 6.07 Å². The maximum absolute atomic E-state index is 13.3. The van der Waals surface area contributed by atoms with Gasteiger partial charge >= 0.3 is 5.69 Å². The van der Waals surface area contributed by atoms with Crippen LogP contribution >= 0.6 is 0 Å². The van der Waals surface area contributed by atoms with Crippen LogP contribution in [0.1, 0.15) is 34.1 Å². The molecule has 9 nitrogen and oxygen atoms in total. The molecular weight excluding hydrogens is 373 g/mol. The zero-order chi connectivity index (χ0) is 20.7. The van der Waals surface area contributed by atoms with Crippen LogP contribution < -0.4 is 20.3 Å². The summed E-state index contributed by atoms with van der Waals surface area (Å²) in [6, 6.07) is 7.13. The smallest absolute Gasteiger partial charge is 0.305 e. The van der Waals surface area contributed by atoms with E-state index in [1.807, 2.05) is 6.92 Å². The number of nitro groups is 1.